The van der Waals surface area contributed by atoms with Crippen molar-refractivity contribution in [3.05, 3.63) is 0 Å². The highest BCUT2D eigenvalue weighted by molar-refractivity contribution is 5.85. The number of hydrogen-bond acceptors (Lipinski definition) is 6. The predicted octanol–water partition coefficient (Wildman–Crippen LogP) is 0.812. The highest BCUT2D eigenvalue weighted by Crippen LogP contribution is 2.08. The Morgan fingerprint density at radius 3 is 2.17 bits per heavy atom. The summed E-state index contributed by atoms with van der Waals surface area (Å²) in [7, 11) is 0. The van der Waals surface area contributed by atoms with Gasteiger partial charge in [0.05, 0.1) is 6.61 Å². The van der Waals surface area contributed by atoms with Crippen LogP contribution in [0.5, 0.6) is 0 Å². The fourth-order valence-corrected chi connectivity index (χ4v) is 1.62. The lowest BCUT2D eigenvalue weighted by molar-refractivity contribution is -0.147. The molecule has 0 rings (SSSR count). The molecule has 0 aromatic heterocycles. The number of aliphatic carboxylic acids is 1. The molecule has 2 amide bonds. The van der Waals surface area contributed by atoms with Crippen molar-refractivity contribution >= 4 is 23.9 Å². The summed E-state index contributed by atoms with van der Waals surface area (Å²) in [5.41, 5.74) is -0.764. The third-order valence-corrected chi connectivity index (χ3v) is 2.67. The van der Waals surface area contributed by atoms with Crippen LogP contribution in [0.25, 0.3) is 0 Å². The van der Waals surface area contributed by atoms with Crippen LogP contribution in [-0.2, 0) is 23.9 Å². The molecule has 0 saturated carbocycles. The molecule has 9 nitrogen and oxygen atoms in total. The number of rotatable bonds is 8. The van der Waals surface area contributed by atoms with Crippen molar-refractivity contribution in [1.82, 2.24) is 10.6 Å². The zero-order valence-corrected chi connectivity index (χ0v) is 14.7. The minimum absolute atomic E-state index is 0.143. The molecular weight excluding hydrogens is 320 g/mol. The largest absolute Gasteiger partial charge is 0.480 e. The summed E-state index contributed by atoms with van der Waals surface area (Å²) in [6.45, 7) is 8.24. The van der Waals surface area contributed by atoms with E-state index in [1.54, 1.807) is 27.7 Å². The first kappa shape index (κ1) is 21.7. The molecule has 0 aromatic rings. The van der Waals surface area contributed by atoms with Crippen molar-refractivity contribution in [2.45, 2.75) is 65.1 Å². The molecule has 0 aliphatic heterocycles. The summed E-state index contributed by atoms with van der Waals surface area (Å²) in [5, 5.41) is 13.7. The van der Waals surface area contributed by atoms with Crippen LogP contribution in [0.1, 0.15) is 47.5 Å². The molecule has 9 heteroatoms. The maximum atomic E-state index is 11.7. The molecule has 1 unspecified atom stereocenters. The normalized spacial score (nSPS) is 13.4. The van der Waals surface area contributed by atoms with Crippen molar-refractivity contribution < 1.29 is 33.8 Å². The van der Waals surface area contributed by atoms with E-state index in [2.05, 4.69) is 10.6 Å². The third-order valence-electron chi connectivity index (χ3n) is 2.67. The van der Waals surface area contributed by atoms with Gasteiger partial charge in [0.15, 0.2) is 0 Å². The Balaban J connectivity index is 4.44. The fraction of sp³-hybridized carbons (Fsp3) is 0.733. The number of amides is 2. The van der Waals surface area contributed by atoms with Gasteiger partial charge in [-0.25, -0.2) is 14.4 Å². The van der Waals surface area contributed by atoms with Crippen LogP contribution >= 0.6 is 0 Å². The van der Waals surface area contributed by atoms with Gasteiger partial charge >= 0.3 is 18.0 Å². The van der Waals surface area contributed by atoms with Crippen LogP contribution in [0, 0.1) is 0 Å². The summed E-state index contributed by atoms with van der Waals surface area (Å²) >= 11 is 0. The van der Waals surface area contributed by atoms with Crippen LogP contribution in [0.2, 0.25) is 0 Å². The highest BCUT2D eigenvalue weighted by Gasteiger charge is 2.25. The van der Waals surface area contributed by atoms with Crippen molar-refractivity contribution in [3.63, 3.8) is 0 Å². The van der Waals surface area contributed by atoms with E-state index in [-0.39, 0.29) is 19.4 Å². The topological polar surface area (TPSA) is 131 Å². The zero-order valence-electron chi connectivity index (χ0n) is 14.7. The number of alkyl carbamates (subject to hydrolysis) is 1. The molecule has 2 atom stereocenters. The molecule has 0 aliphatic carbocycles. The molecule has 24 heavy (non-hydrogen) atoms. The molecule has 0 saturated heterocycles. The smallest absolute Gasteiger partial charge is 0.408 e. The number of carboxylic acids is 1. The van der Waals surface area contributed by atoms with Crippen molar-refractivity contribution in [1.29, 1.82) is 0 Å². The molecule has 0 aliphatic rings. The van der Waals surface area contributed by atoms with Gasteiger partial charge in [-0.2, -0.15) is 0 Å². The number of nitrogens with one attached hydrogen (secondary N) is 2. The van der Waals surface area contributed by atoms with Crippen LogP contribution < -0.4 is 10.6 Å². The van der Waals surface area contributed by atoms with E-state index in [1.807, 2.05) is 0 Å². The van der Waals surface area contributed by atoms with Crippen molar-refractivity contribution in [3.8, 4) is 0 Å². The lowest BCUT2D eigenvalue weighted by atomic mass is 10.1. The Morgan fingerprint density at radius 2 is 1.71 bits per heavy atom. The van der Waals surface area contributed by atoms with E-state index >= 15 is 0 Å². The number of ether oxygens (including phenoxy) is 2. The Morgan fingerprint density at radius 1 is 1.12 bits per heavy atom. The van der Waals surface area contributed by atoms with E-state index < -0.39 is 41.6 Å². The Kier molecular flexibility index (Phi) is 8.80. The van der Waals surface area contributed by atoms with E-state index in [4.69, 9.17) is 14.6 Å². The molecule has 0 spiro atoms. The van der Waals surface area contributed by atoms with Crippen LogP contribution in [0.15, 0.2) is 0 Å². The lowest BCUT2D eigenvalue weighted by Gasteiger charge is -2.22. The summed E-state index contributed by atoms with van der Waals surface area (Å²) in [4.78, 5) is 45.9. The molecule has 0 fully saturated rings. The quantitative estimate of drug-likeness (QED) is 0.554. The average molecular weight is 346 g/mol. The zero-order chi connectivity index (χ0) is 18.9. The van der Waals surface area contributed by atoms with Gasteiger partial charge in [-0.05, 0) is 41.0 Å². The highest BCUT2D eigenvalue weighted by atomic mass is 16.6. The minimum atomic E-state index is -1.29. The second kappa shape index (κ2) is 9.74. The Labute approximate surface area is 141 Å². The molecule has 138 valence electrons. The summed E-state index contributed by atoms with van der Waals surface area (Å²) in [6.07, 6.45) is -1.21. The second-order valence-electron chi connectivity index (χ2n) is 6.12. The predicted molar refractivity (Wildman–Crippen MR) is 84.3 cm³/mol. The van der Waals surface area contributed by atoms with Crippen LogP contribution in [0.3, 0.4) is 0 Å². The van der Waals surface area contributed by atoms with E-state index in [1.165, 1.54) is 6.92 Å². The standard InChI is InChI=1S/C15H26N2O7/c1-6-23-13(21)9(2)16-11(18)8-7-10(12(19)20)17-14(22)24-15(3,4)5/h9-10H,6-8H2,1-5H3,(H,16,18)(H,17,22)(H,19,20)/t9-,10?/m0/s1. The Bertz CT molecular complexity index is 471. The average Bonchev–Trinajstić information content (AvgIpc) is 2.41. The minimum Gasteiger partial charge on any atom is -0.480 e. The van der Waals surface area contributed by atoms with Gasteiger partial charge in [-0.15, -0.1) is 0 Å². The molecule has 3 N–H and O–H groups in total. The van der Waals surface area contributed by atoms with Gasteiger partial charge < -0.3 is 25.2 Å². The third kappa shape index (κ3) is 9.65. The van der Waals surface area contributed by atoms with E-state index in [0.29, 0.717) is 0 Å². The number of esters is 1. The molecule has 0 aromatic carbocycles. The van der Waals surface area contributed by atoms with Gasteiger partial charge in [-0.1, -0.05) is 0 Å². The van der Waals surface area contributed by atoms with Crippen molar-refractivity contribution in [2.75, 3.05) is 6.61 Å². The van der Waals surface area contributed by atoms with Crippen LogP contribution in [0.4, 0.5) is 4.79 Å². The first-order valence-electron chi connectivity index (χ1n) is 7.64. The molecular formula is C15H26N2O7. The van der Waals surface area contributed by atoms with E-state index in [9.17, 15) is 19.2 Å². The number of carboxylic acid groups (broad SMARTS) is 1. The maximum Gasteiger partial charge on any atom is 0.408 e. The first-order valence-corrected chi connectivity index (χ1v) is 7.64. The lowest BCUT2D eigenvalue weighted by Crippen LogP contribution is -2.45. The maximum absolute atomic E-state index is 11.7. The van der Waals surface area contributed by atoms with Crippen molar-refractivity contribution in [2.24, 2.45) is 0 Å². The Hall–Kier alpha value is -2.32. The number of hydrogen-bond donors (Lipinski definition) is 3. The number of carbonyl (C=O) groups excluding carboxylic acids is 3. The summed E-state index contributed by atoms with van der Waals surface area (Å²) in [5.74, 6) is -2.38. The molecule has 0 heterocycles. The fourth-order valence-electron chi connectivity index (χ4n) is 1.62. The van der Waals surface area contributed by atoms with Gasteiger partial charge in [0.2, 0.25) is 5.91 Å². The van der Waals surface area contributed by atoms with Gasteiger partial charge in [-0.3, -0.25) is 4.79 Å². The monoisotopic (exact) mass is 346 g/mol. The van der Waals surface area contributed by atoms with Gasteiger partial charge in [0.25, 0.3) is 0 Å². The van der Waals surface area contributed by atoms with Gasteiger partial charge in [0, 0.05) is 6.42 Å². The second-order valence-corrected chi connectivity index (χ2v) is 6.12. The number of carbonyl (C=O) groups is 4. The summed E-state index contributed by atoms with van der Waals surface area (Å²) < 4.78 is 9.72. The van der Waals surface area contributed by atoms with Crippen LogP contribution in [-0.4, -0.2) is 53.3 Å². The summed E-state index contributed by atoms with van der Waals surface area (Å²) in [6, 6.07) is -2.11. The molecule has 0 radical (unpaired) electrons. The van der Waals surface area contributed by atoms with E-state index in [0.717, 1.165) is 0 Å². The first-order chi connectivity index (χ1) is 11.0. The van der Waals surface area contributed by atoms with Gasteiger partial charge in [0.1, 0.15) is 17.7 Å². The SMILES string of the molecule is CCOC(=O)[C@H](C)NC(=O)CCC(NC(=O)OC(C)(C)C)C(=O)O. The molecule has 0 bridgehead atoms.